The van der Waals surface area contributed by atoms with Crippen LogP contribution in [0.25, 0.3) is 0 Å². The van der Waals surface area contributed by atoms with Crippen LogP contribution < -0.4 is 0 Å². The lowest BCUT2D eigenvalue weighted by Gasteiger charge is -2.21. The van der Waals surface area contributed by atoms with E-state index < -0.39 is 0 Å². The standard InChI is InChI=1S/C12H22/c1-7-5-8(2)12-10(4)6-9(3)11(7)12/h7-12H,5-6H2,1-4H3/t7-,8+,9+,10?,11?,12?/m1/s1. The van der Waals surface area contributed by atoms with E-state index in [0.717, 1.165) is 35.5 Å². The van der Waals surface area contributed by atoms with Gasteiger partial charge in [-0.3, -0.25) is 0 Å². The van der Waals surface area contributed by atoms with Crippen molar-refractivity contribution in [3.8, 4) is 0 Å². The molecule has 2 rings (SSSR count). The van der Waals surface area contributed by atoms with Gasteiger partial charge in [-0.05, 0) is 48.3 Å². The van der Waals surface area contributed by atoms with Crippen LogP contribution >= 0.6 is 0 Å². The average Bonchev–Trinajstić information content (AvgIpc) is 2.38. The summed E-state index contributed by atoms with van der Waals surface area (Å²) in [5, 5.41) is 0. The number of hydrogen-bond acceptors (Lipinski definition) is 0. The highest BCUT2D eigenvalue weighted by Crippen LogP contribution is 2.55. The first kappa shape index (κ1) is 8.59. The van der Waals surface area contributed by atoms with E-state index in [9.17, 15) is 0 Å². The monoisotopic (exact) mass is 166 g/mol. The number of hydrogen-bond donors (Lipinski definition) is 0. The number of rotatable bonds is 0. The highest BCUT2D eigenvalue weighted by atomic mass is 14.5. The maximum Gasteiger partial charge on any atom is -0.0329 e. The molecular weight excluding hydrogens is 144 g/mol. The SMILES string of the molecule is CC1C[C@H](C)C2C1[C@@H](C)C[C@H]2C. The van der Waals surface area contributed by atoms with Gasteiger partial charge in [0.15, 0.2) is 0 Å². The van der Waals surface area contributed by atoms with Crippen molar-refractivity contribution in [2.75, 3.05) is 0 Å². The molecule has 2 aliphatic rings. The molecule has 12 heavy (non-hydrogen) atoms. The zero-order valence-electron chi connectivity index (χ0n) is 8.88. The summed E-state index contributed by atoms with van der Waals surface area (Å²) < 4.78 is 0. The van der Waals surface area contributed by atoms with E-state index in [0.29, 0.717) is 0 Å². The third-order valence-electron chi connectivity index (χ3n) is 4.56. The molecule has 0 heteroatoms. The van der Waals surface area contributed by atoms with Gasteiger partial charge in [0.2, 0.25) is 0 Å². The van der Waals surface area contributed by atoms with Crippen molar-refractivity contribution < 1.29 is 0 Å². The van der Waals surface area contributed by atoms with Gasteiger partial charge in [0.25, 0.3) is 0 Å². The maximum atomic E-state index is 2.47. The smallest absolute Gasteiger partial charge is 0.0329 e. The molecule has 0 radical (unpaired) electrons. The van der Waals surface area contributed by atoms with Crippen LogP contribution in [0.15, 0.2) is 0 Å². The Morgan fingerprint density at radius 3 is 1.08 bits per heavy atom. The molecule has 0 aromatic carbocycles. The zero-order chi connectivity index (χ0) is 8.88. The van der Waals surface area contributed by atoms with Crippen molar-refractivity contribution in [1.29, 1.82) is 0 Å². The largest absolute Gasteiger partial charge is 0.0622 e. The maximum absolute atomic E-state index is 2.47. The van der Waals surface area contributed by atoms with Crippen molar-refractivity contribution in [1.82, 2.24) is 0 Å². The minimum atomic E-state index is 1.00. The Kier molecular flexibility index (Phi) is 1.97. The molecule has 2 aliphatic carbocycles. The third kappa shape index (κ3) is 1.03. The van der Waals surface area contributed by atoms with Gasteiger partial charge in [-0.15, -0.1) is 0 Å². The van der Waals surface area contributed by atoms with Gasteiger partial charge in [0, 0.05) is 0 Å². The van der Waals surface area contributed by atoms with Crippen LogP contribution in [-0.4, -0.2) is 0 Å². The van der Waals surface area contributed by atoms with E-state index in [1.54, 1.807) is 0 Å². The van der Waals surface area contributed by atoms with Gasteiger partial charge in [-0.1, -0.05) is 27.7 Å². The molecule has 2 fully saturated rings. The fraction of sp³-hybridized carbons (Fsp3) is 1.00. The molecule has 0 amide bonds. The predicted octanol–water partition coefficient (Wildman–Crippen LogP) is 3.57. The number of fused-ring (bicyclic) bond motifs is 1. The fourth-order valence-corrected chi connectivity index (χ4v) is 4.44. The van der Waals surface area contributed by atoms with E-state index in [2.05, 4.69) is 27.7 Å². The molecule has 0 N–H and O–H groups in total. The van der Waals surface area contributed by atoms with Gasteiger partial charge >= 0.3 is 0 Å². The van der Waals surface area contributed by atoms with E-state index in [-0.39, 0.29) is 0 Å². The summed E-state index contributed by atoms with van der Waals surface area (Å²) in [6.07, 6.45) is 2.98. The van der Waals surface area contributed by atoms with Crippen molar-refractivity contribution >= 4 is 0 Å². The minimum Gasteiger partial charge on any atom is -0.0622 e. The van der Waals surface area contributed by atoms with Crippen LogP contribution in [0.3, 0.4) is 0 Å². The molecule has 0 saturated heterocycles. The minimum absolute atomic E-state index is 1.00. The highest BCUT2D eigenvalue weighted by molar-refractivity contribution is 4.97. The Bertz CT molecular complexity index is 137. The summed E-state index contributed by atoms with van der Waals surface area (Å²) in [6.45, 7) is 9.87. The van der Waals surface area contributed by atoms with Crippen LogP contribution in [0, 0.1) is 35.5 Å². The topological polar surface area (TPSA) is 0 Å². The molecule has 3 unspecified atom stereocenters. The first-order valence-corrected chi connectivity index (χ1v) is 5.61. The lowest BCUT2D eigenvalue weighted by molar-refractivity contribution is 0.269. The lowest BCUT2D eigenvalue weighted by atomic mass is 9.84. The molecule has 0 bridgehead atoms. The molecule has 0 aliphatic heterocycles. The average molecular weight is 166 g/mol. The molecular formula is C12H22. The molecule has 0 nitrogen and oxygen atoms in total. The Hall–Kier alpha value is 0. The van der Waals surface area contributed by atoms with Crippen LogP contribution in [-0.2, 0) is 0 Å². The van der Waals surface area contributed by atoms with Crippen molar-refractivity contribution in [2.45, 2.75) is 40.5 Å². The van der Waals surface area contributed by atoms with Gasteiger partial charge in [0.1, 0.15) is 0 Å². The van der Waals surface area contributed by atoms with Crippen LogP contribution in [0.1, 0.15) is 40.5 Å². The molecule has 0 aromatic heterocycles. The first-order chi connectivity index (χ1) is 5.61. The molecule has 0 aromatic rings. The molecule has 2 saturated carbocycles. The van der Waals surface area contributed by atoms with Crippen molar-refractivity contribution in [3.05, 3.63) is 0 Å². The zero-order valence-corrected chi connectivity index (χ0v) is 8.88. The predicted molar refractivity (Wildman–Crippen MR) is 52.9 cm³/mol. The van der Waals surface area contributed by atoms with Gasteiger partial charge in [-0.25, -0.2) is 0 Å². The summed E-state index contributed by atoms with van der Waals surface area (Å²) in [4.78, 5) is 0. The first-order valence-electron chi connectivity index (χ1n) is 5.61. The van der Waals surface area contributed by atoms with Crippen molar-refractivity contribution in [2.24, 2.45) is 35.5 Å². The van der Waals surface area contributed by atoms with E-state index in [1.807, 2.05) is 0 Å². The summed E-state index contributed by atoms with van der Waals surface area (Å²) in [5.41, 5.74) is 0. The van der Waals surface area contributed by atoms with E-state index >= 15 is 0 Å². The Morgan fingerprint density at radius 2 is 0.833 bits per heavy atom. The summed E-state index contributed by atoms with van der Waals surface area (Å²) in [7, 11) is 0. The lowest BCUT2D eigenvalue weighted by Crippen LogP contribution is -2.16. The van der Waals surface area contributed by atoms with Gasteiger partial charge in [0.05, 0.1) is 0 Å². The fourth-order valence-electron chi connectivity index (χ4n) is 4.44. The van der Waals surface area contributed by atoms with Gasteiger partial charge < -0.3 is 0 Å². The van der Waals surface area contributed by atoms with E-state index in [4.69, 9.17) is 0 Å². The van der Waals surface area contributed by atoms with Crippen LogP contribution in [0.4, 0.5) is 0 Å². The van der Waals surface area contributed by atoms with Crippen molar-refractivity contribution in [3.63, 3.8) is 0 Å². The second-order valence-corrected chi connectivity index (χ2v) is 5.54. The molecule has 0 heterocycles. The second kappa shape index (κ2) is 2.75. The Morgan fingerprint density at radius 1 is 0.583 bits per heavy atom. The molecule has 0 spiro atoms. The highest BCUT2D eigenvalue weighted by Gasteiger charge is 2.48. The van der Waals surface area contributed by atoms with Gasteiger partial charge in [-0.2, -0.15) is 0 Å². The Labute approximate surface area is 76.7 Å². The molecule has 70 valence electrons. The normalized spacial score (nSPS) is 59.0. The third-order valence-corrected chi connectivity index (χ3v) is 4.56. The summed E-state index contributed by atoms with van der Waals surface area (Å²) in [5.74, 6) is 6.15. The second-order valence-electron chi connectivity index (χ2n) is 5.54. The Balaban J connectivity index is 2.20. The summed E-state index contributed by atoms with van der Waals surface area (Å²) >= 11 is 0. The molecule has 6 atom stereocenters. The van der Waals surface area contributed by atoms with Crippen LogP contribution in [0.2, 0.25) is 0 Å². The quantitative estimate of drug-likeness (QED) is 0.516. The summed E-state index contributed by atoms with van der Waals surface area (Å²) in [6, 6.07) is 0. The van der Waals surface area contributed by atoms with E-state index in [1.165, 1.54) is 12.8 Å². The van der Waals surface area contributed by atoms with Crippen LogP contribution in [0.5, 0.6) is 0 Å².